The Morgan fingerprint density at radius 2 is 1.90 bits per heavy atom. The van der Waals surface area contributed by atoms with E-state index in [4.69, 9.17) is 28.9 Å². The zero-order valence-electron chi connectivity index (χ0n) is 11.1. The first kappa shape index (κ1) is 13.9. The standard InChI is InChI=1S/C14H11Cl2N5/c1-8-2-4-10(17)7-11(8)14-18-19-20-21(14)13-5-3-9(15)6-12(13)16/h2-7H,17H2,1H3. The third-order valence-electron chi connectivity index (χ3n) is 3.11. The summed E-state index contributed by atoms with van der Waals surface area (Å²) in [6.45, 7) is 1.97. The van der Waals surface area contributed by atoms with Gasteiger partial charge >= 0.3 is 0 Å². The number of aromatic nitrogens is 4. The van der Waals surface area contributed by atoms with Gasteiger partial charge < -0.3 is 5.73 Å². The van der Waals surface area contributed by atoms with Gasteiger partial charge in [0.2, 0.25) is 0 Å². The highest BCUT2D eigenvalue weighted by Gasteiger charge is 2.15. The molecule has 0 atom stereocenters. The molecule has 3 rings (SSSR count). The maximum atomic E-state index is 6.23. The second-order valence-electron chi connectivity index (χ2n) is 4.58. The van der Waals surface area contributed by atoms with Crippen molar-refractivity contribution < 1.29 is 0 Å². The lowest BCUT2D eigenvalue weighted by atomic mass is 10.1. The zero-order valence-corrected chi connectivity index (χ0v) is 12.6. The van der Waals surface area contributed by atoms with E-state index in [1.165, 1.54) is 0 Å². The van der Waals surface area contributed by atoms with Gasteiger partial charge in [0.05, 0.1) is 10.7 Å². The first-order chi connectivity index (χ1) is 10.1. The molecule has 106 valence electrons. The van der Waals surface area contributed by atoms with E-state index < -0.39 is 0 Å². The highest BCUT2D eigenvalue weighted by atomic mass is 35.5. The first-order valence-corrected chi connectivity index (χ1v) is 6.92. The predicted octanol–water partition coefficient (Wildman–Crippen LogP) is 3.53. The van der Waals surface area contributed by atoms with Gasteiger partial charge in [-0.15, -0.1) is 5.10 Å². The summed E-state index contributed by atoms with van der Waals surface area (Å²) in [6.07, 6.45) is 0. The average molecular weight is 320 g/mol. The Balaban J connectivity index is 2.19. The van der Waals surface area contributed by atoms with Crippen molar-refractivity contribution in [2.24, 2.45) is 0 Å². The molecule has 1 heterocycles. The molecule has 21 heavy (non-hydrogen) atoms. The molecule has 0 saturated heterocycles. The van der Waals surface area contributed by atoms with Crippen molar-refractivity contribution in [2.45, 2.75) is 6.92 Å². The molecule has 0 aliphatic heterocycles. The van der Waals surface area contributed by atoms with Crippen molar-refractivity contribution in [3.63, 3.8) is 0 Å². The van der Waals surface area contributed by atoms with Crippen molar-refractivity contribution in [1.82, 2.24) is 20.2 Å². The van der Waals surface area contributed by atoms with Gasteiger partial charge in [-0.1, -0.05) is 29.3 Å². The lowest BCUT2D eigenvalue weighted by Gasteiger charge is -2.09. The summed E-state index contributed by atoms with van der Waals surface area (Å²) in [4.78, 5) is 0. The van der Waals surface area contributed by atoms with Crippen LogP contribution in [-0.4, -0.2) is 20.2 Å². The minimum atomic E-state index is 0.470. The summed E-state index contributed by atoms with van der Waals surface area (Å²) in [6, 6.07) is 10.7. The summed E-state index contributed by atoms with van der Waals surface area (Å²) >= 11 is 12.1. The van der Waals surface area contributed by atoms with Crippen LogP contribution in [0.5, 0.6) is 0 Å². The summed E-state index contributed by atoms with van der Waals surface area (Å²) in [5.41, 5.74) is 9.02. The fourth-order valence-electron chi connectivity index (χ4n) is 2.05. The van der Waals surface area contributed by atoms with Crippen LogP contribution in [0.25, 0.3) is 17.1 Å². The maximum Gasteiger partial charge on any atom is 0.187 e. The Hall–Kier alpha value is -2.11. The number of benzene rings is 2. The van der Waals surface area contributed by atoms with Crippen molar-refractivity contribution in [1.29, 1.82) is 0 Å². The molecule has 0 amide bonds. The van der Waals surface area contributed by atoms with Crippen molar-refractivity contribution in [3.05, 3.63) is 52.0 Å². The van der Waals surface area contributed by atoms with Gasteiger partial charge in [-0.05, 0) is 53.2 Å². The monoisotopic (exact) mass is 319 g/mol. The molecule has 0 radical (unpaired) electrons. The van der Waals surface area contributed by atoms with Gasteiger partial charge in [0, 0.05) is 16.3 Å². The molecule has 0 saturated carbocycles. The molecule has 3 aromatic rings. The van der Waals surface area contributed by atoms with Crippen LogP contribution in [0.1, 0.15) is 5.56 Å². The fraction of sp³-hybridized carbons (Fsp3) is 0.0714. The third kappa shape index (κ3) is 2.57. The number of anilines is 1. The molecule has 0 aliphatic carbocycles. The van der Waals surface area contributed by atoms with Crippen LogP contribution in [0.3, 0.4) is 0 Å². The van der Waals surface area contributed by atoms with Gasteiger partial charge in [-0.25, -0.2) is 0 Å². The van der Waals surface area contributed by atoms with Gasteiger partial charge in [0.1, 0.15) is 0 Å². The summed E-state index contributed by atoms with van der Waals surface area (Å²) < 4.78 is 1.57. The SMILES string of the molecule is Cc1ccc(N)cc1-c1nnnn1-c1ccc(Cl)cc1Cl. The third-order valence-corrected chi connectivity index (χ3v) is 3.65. The van der Waals surface area contributed by atoms with Crippen LogP contribution >= 0.6 is 23.2 Å². The lowest BCUT2D eigenvalue weighted by Crippen LogP contribution is -2.02. The van der Waals surface area contributed by atoms with E-state index in [1.54, 1.807) is 22.9 Å². The van der Waals surface area contributed by atoms with E-state index in [9.17, 15) is 0 Å². The second kappa shape index (κ2) is 5.35. The molecule has 1 aromatic heterocycles. The van der Waals surface area contributed by atoms with E-state index in [-0.39, 0.29) is 0 Å². The topological polar surface area (TPSA) is 69.6 Å². The van der Waals surface area contributed by atoms with Gasteiger partial charge in [-0.3, -0.25) is 0 Å². The second-order valence-corrected chi connectivity index (χ2v) is 5.43. The van der Waals surface area contributed by atoms with E-state index in [0.717, 1.165) is 11.1 Å². The number of aryl methyl sites for hydroxylation is 1. The quantitative estimate of drug-likeness (QED) is 0.733. The Morgan fingerprint density at radius 3 is 2.67 bits per heavy atom. The minimum absolute atomic E-state index is 0.470. The van der Waals surface area contributed by atoms with Crippen molar-refractivity contribution in [3.8, 4) is 17.1 Å². The largest absolute Gasteiger partial charge is 0.399 e. The molecule has 5 nitrogen and oxygen atoms in total. The molecular formula is C14H11Cl2N5. The molecule has 0 bridgehead atoms. The molecule has 0 aliphatic rings. The smallest absolute Gasteiger partial charge is 0.187 e. The fourth-order valence-corrected chi connectivity index (χ4v) is 2.54. The Kier molecular flexibility index (Phi) is 3.53. The summed E-state index contributed by atoms with van der Waals surface area (Å²) in [7, 11) is 0. The number of nitrogens with two attached hydrogens (primary N) is 1. The van der Waals surface area contributed by atoms with E-state index in [0.29, 0.717) is 27.2 Å². The summed E-state index contributed by atoms with van der Waals surface area (Å²) in [5.74, 6) is 0.573. The molecule has 0 unspecified atom stereocenters. The Labute approximate surface area is 131 Å². The van der Waals surface area contributed by atoms with E-state index in [1.807, 2.05) is 25.1 Å². The summed E-state index contributed by atoms with van der Waals surface area (Å²) in [5, 5.41) is 12.9. The lowest BCUT2D eigenvalue weighted by molar-refractivity contribution is 0.791. The van der Waals surface area contributed by atoms with E-state index >= 15 is 0 Å². The van der Waals surface area contributed by atoms with Gasteiger partial charge in [-0.2, -0.15) is 4.68 Å². The van der Waals surface area contributed by atoms with Crippen LogP contribution in [0.4, 0.5) is 5.69 Å². The van der Waals surface area contributed by atoms with Gasteiger partial charge in [0.25, 0.3) is 0 Å². The predicted molar refractivity (Wildman–Crippen MR) is 83.8 cm³/mol. The molecule has 0 fully saturated rings. The normalized spacial score (nSPS) is 10.8. The number of tetrazole rings is 1. The maximum absolute atomic E-state index is 6.23. The zero-order chi connectivity index (χ0) is 15.0. The number of hydrogen-bond donors (Lipinski definition) is 1. The first-order valence-electron chi connectivity index (χ1n) is 6.16. The molecule has 2 aromatic carbocycles. The number of rotatable bonds is 2. The average Bonchev–Trinajstić information content (AvgIpc) is 2.90. The number of nitrogens with zero attached hydrogens (tertiary/aromatic N) is 4. The highest BCUT2D eigenvalue weighted by molar-refractivity contribution is 6.35. The van der Waals surface area contributed by atoms with Crippen LogP contribution in [0, 0.1) is 6.92 Å². The van der Waals surface area contributed by atoms with E-state index in [2.05, 4.69) is 15.5 Å². The Bertz CT molecular complexity index is 813. The molecule has 7 heteroatoms. The molecule has 2 N–H and O–H groups in total. The van der Waals surface area contributed by atoms with Crippen LogP contribution in [0.15, 0.2) is 36.4 Å². The van der Waals surface area contributed by atoms with Crippen LogP contribution in [0.2, 0.25) is 10.0 Å². The number of hydrogen-bond acceptors (Lipinski definition) is 4. The molecule has 0 spiro atoms. The number of halogens is 2. The minimum Gasteiger partial charge on any atom is -0.399 e. The Morgan fingerprint density at radius 1 is 1.10 bits per heavy atom. The molecular weight excluding hydrogens is 309 g/mol. The number of nitrogen functional groups attached to an aromatic ring is 1. The van der Waals surface area contributed by atoms with Gasteiger partial charge in [0.15, 0.2) is 5.82 Å². The van der Waals surface area contributed by atoms with Crippen molar-refractivity contribution in [2.75, 3.05) is 5.73 Å². The highest BCUT2D eigenvalue weighted by Crippen LogP contribution is 2.29. The van der Waals surface area contributed by atoms with Crippen molar-refractivity contribution >= 4 is 28.9 Å². The van der Waals surface area contributed by atoms with Crippen LogP contribution < -0.4 is 5.73 Å². The van der Waals surface area contributed by atoms with Crippen LogP contribution in [-0.2, 0) is 0 Å².